The number of para-hydroxylation sites is 1. The Balaban J connectivity index is 1.66. The highest BCUT2D eigenvalue weighted by Crippen LogP contribution is 2.29. The smallest absolute Gasteiger partial charge is 0.337 e. The third-order valence-electron chi connectivity index (χ3n) is 4.41. The van der Waals surface area contributed by atoms with E-state index in [0.29, 0.717) is 5.56 Å². The Labute approximate surface area is 157 Å². The predicted molar refractivity (Wildman–Crippen MR) is 107 cm³/mol. The Morgan fingerprint density at radius 2 is 1.37 bits per heavy atom. The van der Waals surface area contributed by atoms with E-state index in [1.807, 2.05) is 72.8 Å². The molecule has 0 bridgehead atoms. The maximum absolute atomic E-state index is 11.7. The largest absolute Gasteiger partial charge is 0.465 e. The average molecular weight is 354 g/mol. The lowest BCUT2D eigenvalue weighted by Gasteiger charge is -2.09. The standard InChI is InChI=1S/C24H18O3/c1-26-24(25)21-13-12-19-14-18(10-11-20(19)15-21)17-6-5-9-23(16-17)27-22-7-3-2-4-8-22/h2-16H,1H3. The summed E-state index contributed by atoms with van der Waals surface area (Å²) in [4.78, 5) is 11.7. The molecule has 0 atom stereocenters. The zero-order chi connectivity index (χ0) is 18.6. The Kier molecular flexibility index (Phi) is 4.58. The van der Waals surface area contributed by atoms with Gasteiger partial charge < -0.3 is 9.47 Å². The van der Waals surface area contributed by atoms with Gasteiger partial charge in [-0.15, -0.1) is 0 Å². The number of carbonyl (C=O) groups excluding carboxylic acids is 1. The molecule has 3 heteroatoms. The molecule has 0 unspecified atom stereocenters. The zero-order valence-electron chi connectivity index (χ0n) is 14.9. The predicted octanol–water partition coefficient (Wildman–Crippen LogP) is 6.09. The van der Waals surface area contributed by atoms with E-state index in [9.17, 15) is 4.79 Å². The van der Waals surface area contributed by atoms with Gasteiger partial charge in [0.05, 0.1) is 12.7 Å². The van der Waals surface area contributed by atoms with E-state index in [-0.39, 0.29) is 5.97 Å². The van der Waals surface area contributed by atoms with E-state index in [1.54, 1.807) is 6.07 Å². The normalized spacial score (nSPS) is 10.6. The van der Waals surface area contributed by atoms with Crippen LogP contribution in [0.1, 0.15) is 10.4 Å². The van der Waals surface area contributed by atoms with Crippen LogP contribution in [0.25, 0.3) is 21.9 Å². The molecule has 0 heterocycles. The second-order valence-corrected chi connectivity index (χ2v) is 6.21. The maximum Gasteiger partial charge on any atom is 0.337 e. The number of methoxy groups -OCH3 is 1. The van der Waals surface area contributed by atoms with Crippen LogP contribution in [0, 0.1) is 0 Å². The summed E-state index contributed by atoms with van der Waals surface area (Å²) >= 11 is 0. The average Bonchev–Trinajstić information content (AvgIpc) is 2.73. The van der Waals surface area contributed by atoms with Crippen molar-refractivity contribution in [1.82, 2.24) is 0 Å². The molecule has 0 aliphatic carbocycles. The molecule has 0 aliphatic rings. The molecule has 4 aromatic carbocycles. The molecule has 4 aromatic rings. The molecule has 0 aromatic heterocycles. The summed E-state index contributed by atoms with van der Waals surface area (Å²) < 4.78 is 10.7. The van der Waals surface area contributed by atoms with Gasteiger partial charge in [-0.1, -0.05) is 48.5 Å². The first kappa shape index (κ1) is 16.9. The number of ether oxygens (including phenoxy) is 2. The summed E-state index contributed by atoms with van der Waals surface area (Å²) in [6, 6.07) is 29.5. The number of carbonyl (C=O) groups is 1. The summed E-state index contributed by atoms with van der Waals surface area (Å²) in [6.45, 7) is 0. The number of hydrogen-bond acceptors (Lipinski definition) is 3. The lowest BCUT2D eigenvalue weighted by atomic mass is 10.00. The highest BCUT2D eigenvalue weighted by Gasteiger charge is 2.07. The van der Waals surface area contributed by atoms with Crippen molar-refractivity contribution >= 4 is 16.7 Å². The second-order valence-electron chi connectivity index (χ2n) is 6.21. The van der Waals surface area contributed by atoms with Crippen LogP contribution in [0.2, 0.25) is 0 Å². The first-order chi connectivity index (χ1) is 13.2. The minimum Gasteiger partial charge on any atom is -0.465 e. The number of fused-ring (bicyclic) bond motifs is 1. The topological polar surface area (TPSA) is 35.5 Å². The van der Waals surface area contributed by atoms with Crippen molar-refractivity contribution in [3.63, 3.8) is 0 Å². The van der Waals surface area contributed by atoms with Crippen LogP contribution in [0.15, 0.2) is 91.0 Å². The summed E-state index contributed by atoms with van der Waals surface area (Å²) in [7, 11) is 1.39. The van der Waals surface area contributed by atoms with Gasteiger partial charge in [-0.2, -0.15) is 0 Å². The molecule has 3 nitrogen and oxygen atoms in total. The van der Waals surface area contributed by atoms with Gasteiger partial charge in [0, 0.05) is 0 Å². The van der Waals surface area contributed by atoms with Crippen molar-refractivity contribution in [2.24, 2.45) is 0 Å². The molecule has 4 rings (SSSR count). The maximum atomic E-state index is 11.7. The highest BCUT2D eigenvalue weighted by molar-refractivity contribution is 5.96. The van der Waals surface area contributed by atoms with Crippen LogP contribution in [0.4, 0.5) is 0 Å². The van der Waals surface area contributed by atoms with Gasteiger partial charge in [0.15, 0.2) is 0 Å². The van der Waals surface area contributed by atoms with Gasteiger partial charge in [-0.05, 0) is 64.4 Å². The first-order valence-electron chi connectivity index (χ1n) is 8.68. The summed E-state index contributed by atoms with van der Waals surface area (Å²) in [5.41, 5.74) is 2.71. The van der Waals surface area contributed by atoms with E-state index in [2.05, 4.69) is 12.1 Å². The quantitative estimate of drug-likeness (QED) is 0.416. The number of rotatable bonds is 4. The molecular formula is C24H18O3. The van der Waals surface area contributed by atoms with Gasteiger partial charge in [-0.25, -0.2) is 4.79 Å². The van der Waals surface area contributed by atoms with Gasteiger partial charge >= 0.3 is 5.97 Å². The Morgan fingerprint density at radius 3 is 2.19 bits per heavy atom. The van der Waals surface area contributed by atoms with Crippen molar-refractivity contribution < 1.29 is 14.3 Å². The fourth-order valence-corrected chi connectivity index (χ4v) is 3.03. The van der Waals surface area contributed by atoms with Crippen molar-refractivity contribution in [2.75, 3.05) is 7.11 Å². The Hall–Kier alpha value is -3.59. The highest BCUT2D eigenvalue weighted by atomic mass is 16.5. The van der Waals surface area contributed by atoms with Crippen molar-refractivity contribution in [2.45, 2.75) is 0 Å². The Morgan fingerprint density at radius 1 is 0.667 bits per heavy atom. The van der Waals surface area contributed by atoms with E-state index in [1.165, 1.54) is 7.11 Å². The van der Waals surface area contributed by atoms with Crippen LogP contribution in [-0.4, -0.2) is 13.1 Å². The molecule has 0 radical (unpaired) electrons. The molecule has 0 saturated carbocycles. The molecular weight excluding hydrogens is 336 g/mol. The molecule has 0 fully saturated rings. The third-order valence-corrected chi connectivity index (χ3v) is 4.41. The fourth-order valence-electron chi connectivity index (χ4n) is 3.03. The molecule has 0 N–H and O–H groups in total. The fraction of sp³-hybridized carbons (Fsp3) is 0.0417. The van der Waals surface area contributed by atoms with Crippen LogP contribution in [0.5, 0.6) is 11.5 Å². The first-order valence-corrected chi connectivity index (χ1v) is 8.68. The minimum atomic E-state index is -0.327. The molecule has 0 amide bonds. The molecule has 27 heavy (non-hydrogen) atoms. The lowest BCUT2D eigenvalue weighted by molar-refractivity contribution is 0.0601. The summed E-state index contributed by atoms with van der Waals surface area (Å²) in [5, 5.41) is 2.06. The third kappa shape index (κ3) is 3.67. The van der Waals surface area contributed by atoms with E-state index in [0.717, 1.165) is 33.4 Å². The van der Waals surface area contributed by atoms with Crippen LogP contribution >= 0.6 is 0 Å². The van der Waals surface area contributed by atoms with Crippen LogP contribution < -0.4 is 4.74 Å². The Bertz CT molecular complexity index is 1100. The number of esters is 1. The van der Waals surface area contributed by atoms with Crippen LogP contribution in [0.3, 0.4) is 0 Å². The van der Waals surface area contributed by atoms with Crippen molar-refractivity contribution in [1.29, 1.82) is 0 Å². The number of benzene rings is 4. The van der Waals surface area contributed by atoms with Gasteiger partial charge in [0.25, 0.3) is 0 Å². The lowest BCUT2D eigenvalue weighted by Crippen LogP contribution is -2.00. The summed E-state index contributed by atoms with van der Waals surface area (Å²) in [6.07, 6.45) is 0. The number of hydrogen-bond donors (Lipinski definition) is 0. The van der Waals surface area contributed by atoms with Gasteiger partial charge in [0.1, 0.15) is 11.5 Å². The summed E-state index contributed by atoms with van der Waals surface area (Å²) in [5.74, 6) is 1.27. The van der Waals surface area contributed by atoms with E-state index >= 15 is 0 Å². The van der Waals surface area contributed by atoms with E-state index < -0.39 is 0 Å². The molecule has 0 saturated heterocycles. The van der Waals surface area contributed by atoms with Gasteiger partial charge in [0.2, 0.25) is 0 Å². The molecule has 132 valence electrons. The second kappa shape index (κ2) is 7.34. The SMILES string of the molecule is COC(=O)c1ccc2cc(-c3cccc(Oc4ccccc4)c3)ccc2c1. The molecule has 0 aliphatic heterocycles. The van der Waals surface area contributed by atoms with Crippen molar-refractivity contribution in [3.8, 4) is 22.6 Å². The van der Waals surface area contributed by atoms with Crippen molar-refractivity contribution in [3.05, 3.63) is 96.6 Å². The monoisotopic (exact) mass is 354 g/mol. The van der Waals surface area contributed by atoms with Crippen LogP contribution in [-0.2, 0) is 4.74 Å². The molecule has 0 spiro atoms. The van der Waals surface area contributed by atoms with Gasteiger partial charge in [-0.3, -0.25) is 0 Å². The van der Waals surface area contributed by atoms with E-state index in [4.69, 9.17) is 9.47 Å². The zero-order valence-corrected chi connectivity index (χ0v) is 14.9. The minimum absolute atomic E-state index is 0.327.